The van der Waals surface area contributed by atoms with Crippen LogP contribution in [-0.2, 0) is 11.3 Å². The van der Waals surface area contributed by atoms with E-state index in [0.717, 1.165) is 36.7 Å². The quantitative estimate of drug-likeness (QED) is 0.611. The normalized spacial score (nSPS) is 16.4. The first-order chi connectivity index (χ1) is 15.3. The van der Waals surface area contributed by atoms with Gasteiger partial charge in [0.15, 0.2) is 0 Å². The molecule has 0 aliphatic carbocycles. The van der Waals surface area contributed by atoms with E-state index < -0.39 is 11.7 Å². The molecule has 4 rings (SSSR count). The smallest absolute Gasteiger partial charge is 0.266 e. The minimum absolute atomic E-state index is 0.0863. The fraction of sp³-hybridized carbons (Fsp3) is 0.364. The van der Waals surface area contributed by atoms with E-state index in [-0.39, 0.29) is 29.1 Å². The lowest BCUT2D eigenvalue weighted by atomic mass is 10.0. The number of hydrogen-bond donors (Lipinski definition) is 1. The van der Waals surface area contributed by atoms with Crippen LogP contribution in [0, 0.1) is 12.7 Å². The summed E-state index contributed by atoms with van der Waals surface area (Å²) in [5.41, 5.74) is 0.469. The van der Waals surface area contributed by atoms with Crippen molar-refractivity contribution in [3.63, 3.8) is 0 Å². The third-order valence-electron chi connectivity index (χ3n) is 5.73. The number of anilines is 1. The molecule has 1 aliphatic rings. The molecule has 3 aromatic rings. The molecule has 10 heteroatoms. The maximum Gasteiger partial charge on any atom is 0.266 e. The second-order valence-corrected chi connectivity index (χ2v) is 9.34. The molecule has 1 atom stereocenters. The molecule has 1 aromatic carbocycles. The fourth-order valence-electron chi connectivity index (χ4n) is 3.96. The van der Waals surface area contributed by atoms with E-state index in [4.69, 9.17) is 11.6 Å². The minimum atomic E-state index is -0.582. The Morgan fingerprint density at radius 1 is 1.34 bits per heavy atom. The van der Waals surface area contributed by atoms with Gasteiger partial charge in [-0.3, -0.25) is 19.0 Å². The summed E-state index contributed by atoms with van der Waals surface area (Å²) < 4.78 is 14.7. The largest absolute Gasteiger partial charge is 0.338 e. The molecule has 2 aromatic heterocycles. The number of rotatable bonds is 4. The van der Waals surface area contributed by atoms with Crippen molar-refractivity contribution in [3.05, 3.63) is 56.2 Å². The molecule has 3 heterocycles. The summed E-state index contributed by atoms with van der Waals surface area (Å²) in [7, 11) is 0. The van der Waals surface area contributed by atoms with Gasteiger partial charge in [-0.15, -0.1) is 11.3 Å². The second-order valence-electron chi connectivity index (χ2n) is 7.93. The van der Waals surface area contributed by atoms with Crippen molar-refractivity contribution in [2.75, 3.05) is 11.9 Å². The summed E-state index contributed by atoms with van der Waals surface area (Å²) in [4.78, 5) is 45.5. The molecule has 7 nitrogen and oxygen atoms in total. The van der Waals surface area contributed by atoms with Crippen molar-refractivity contribution in [1.29, 1.82) is 0 Å². The fourth-order valence-corrected chi connectivity index (χ4v) is 5.17. The highest BCUT2D eigenvalue weighted by Gasteiger charge is 2.25. The average Bonchev–Trinajstić information content (AvgIpc) is 3.10. The van der Waals surface area contributed by atoms with E-state index in [2.05, 4.69) is 10.3 Å². The second kappa shape index (κ2) is 8.99. The number of piperidine rings is 1. The number of nitrogens with one attached hydrogen (secondary N) is 1. The van der Waals surface area contributed by atoms with Crippen LogP contribution in [0.2, 0.25) is 5.02 Å². The van der Waals surface area contributed by atoms with E-state index in [0.29, 0.717) is 32.9 Å². The van der Waals surface area contributed by atoms with E-state index in [1.807, 2.05) is 11.8 Å². The minimum Gasteiger partial charge on any atom is -0.338 e. The summed E-state index contributed by atoms with van der Waals surface area (Å²) in [5, 5.41) is 2.88. The lowest BCUT2D eigenvalue weighted by Gasteiger charge is -2.33. The SMILES string of the molecule is Cc1c(C(=O)Nc2ccc(F)c(Cl)c2)sc2ncn(CC(=O)N3CCCCC3C)c(=O)c12. The van der Waals surface area contributed by atoms with Gasteiger partial charge in [-0.2, -0.15) is 0 Å². The Hall–Kier alpha value is -2.78. The Bertz CT molecular complexity index is 1270. The van der Waals surface area contributed by atoms with Gasteiger partial charge in [0.2, 0.25) is 5.91 Å². The summed E-state index contributed by atoms with van der Waals surface area (Å²) in [6.45, 7) is 4.30. The Balaban J connectivity index is 1.60. The Morgan fingerprint density at radius 3 is 2.84 bits per heavy atom. The van der Waals surface area contributed by atoms with Gasteiger partial charge in [0.25, 0.3) is 11.5 Å². The maximum atomic E-state index is 13.4. The highest BCUT2D eigenvalue weighted by molar-refractivity contribution is 7.20. The predicted molar refractivity (Wildman–Crippen MR) is 123 cm³/mol. The number of amides is 2. The van der Waals surface area contributed by atoms with Gasteiger partial charge < -0.3 is 10.2 Å². The van der Waals surface area contributed by atoms with Crippen LogP contribution >= 0.6 is 22.9 Å². The third kappa shape index (κ3) is 4.27. The number of aromatic nitrogens is 2. The van der Waals surface area contributed by atoms with Crippen molar-refractivity contribution < 1.29 is 14.0 Å². The first-order valence-corrected chi connectivity index (χ1v) is 11.5. The molecular weight excluding hydrogens is 455 g/mol. The molecule has 0 radical (unpaired) electrons. The lowest BCUT2D eigenvalue weighted by molar-refractivity contribution is -0.135. The first kappa shape index (κ1) is 22.4. The number of fused-ring (bicyclic) bond motifs is 1. The Kier molecular flexibility index (Phi) is 6.30. The molecule has 1 saturated heterocycles. The summed E-state index contributed by atoms with van der Waals surface area (Å²) in [5.74, 6) is -1.14. The number of hydrogen-bond acceptors (Lipinski definition) is 5. The van der Waals surface area contributed by atoms with Crippen LogP contribution in [0.5, 0.6) is 0 Å². The molecule has 0 saturated carbocycles. The lowest BCUT2D eigenvalue weighted by Crippen LogP contribution is -2.44. The van der Waals surface area contributed by atoms with Gasteiger partial charge in [0.05, 0.1) is 21.6 Å². The van der Waals surface area contributed by atoms with Gasteiger partial charge in [-0.05, 0) is 56.9 Å². The van der Waals surface area contributed by atoms with E-state index >= 15 is 0 Å². The number of aryl methyl sites for hydroxylation is 1. The molecular formula is C22H22ClFN4O3S. The van der Waals surface area contributed by atoms with Crippen LogP contribution in [0.25, 0.3) is 10.2 Å². The predicted octanol–water partition coefficient (Wildman–Crippen LogP) is 4.21. The number of benzene rings is 1. The molecule has 32 heavy (non-hydrogen) atoms. The number of carbonyl (C=O) groups excluding carboxylic acids is 2. The van der Waals surface area contributed by atoms with E-state index in [9.17, 15) is 18.8 Å². The third-order valence-corrected chi connectivity index (χ3v) is 7.22. The number of carbonyl (C=O) groups is 2. The topological polar surface area (TPSA) is 84.3 Å². The monoisotopic (exact) mass is 476 g/mol. The number of halogens is 2. The zero-order chi connectivity index (χ0) is 23.0. The number of likely N-dealkylation sites (tertiary alicyclic amines) is 1. The highest BCUT2D eigenvalue weighted by Crippen LogP contribution is 2.28. The highest BCUT2D eigenvalue weighted by atomic mass is 35.5. The van der Waals surface area contributed by atoms with Crippen LogP contribution in [0.1, 0.15) is 41.4 Å². The number of thiophene rings is 1. The number of nitrogens with zero attached hydrogens (tertiary/aromatic N) is 3. The molecule has 0 spiro atoms. The summed E-state index contributed by atoms with van der Waals surface area (Å²) in [6.07, 6.45) is 4.37. The molecule has 2 amide bonds. The van der Waals surface area contributed by atoms with Crippen molar-refractivity contribution in [2.45, 2.75) is 45.7 Å². The van der Waals surface area contributed by atoms with Crippen molar-refractivity contribution in [1.82, 2.24) is 14.5 Å². The maximum absolute atomic E-state index is 13.4. The van der Waals surface area contributed by atoms with Crippen molar-refractivity contribution >= 4 is 50.7 Å². The van der Waals surface area contributed by atoms with Crippen LogP contribution < -0.4 is 10.9 Å². The molecule has 1 N–H and O–H groups in total. The van der Waals surface area contributed by atoms with Gasteiger partial charge >= 0.3 is 0 Å². The van der Waals surface area contributed by atoms with Crippen LogP contribution in [0.4, 0.5) is 10.1 Å². The Labute approximate surface area is 192 Å². The first-order valence-electron chi connectivity index (χ1n) is 10.3. The van der Waals surface area contributed by atoms with Crippen molar-refractivity contribution in [2.24, 2.45) is 0 Å². The zero-order valence-electron chi connectivity index (χ0n) is 17.7. The molecule has 168 valence electrons. The molecule has 1 aliphatic heterocycles. The average molecular weight is 477 g/mol. The molecule has 1 unspecified atom stereocenters. The van der Waals surface area contributed by atoms with E-state index in [1.165, 1.54) is 23.0 Å². The van der Waals surface area contributed by atoms with Crippen molar-refractivity contribution in [3.8, 4) is 0 Å². The zero-order valence-corrected chi connectivity index (χ0v) is 19.2. The standard InChI is InChI=1S/C22H22ClFN4O3S/c1-12-5-3-4-8-28(12)17(29)10-27-11-25-21-18(22(27)31)13(2)19(32-21)20(30)26-14-6-7-16(24)15(23)9-14/h6-7,9,11-12H,3-5,8,10H2,1-2H3,(H,26,30). The van der Waals surface area contributed by atoms with Gasteiger partial charge in [-0.1, -0.05) is 11.6 Å². The van der Waals surface area contributed by atoms with Crippen LogP contribution in [-0.4, -0.2) is 38.9 Å². The Morgan fingerprint density at radius 2 is 2.12 bits per heavy atom. The summed E-state index contributed by atoms with van der Waals surface area (Å²) in [6, 6.07) is 4.04. The van der Waals surface area contributed by atoms with Crippen LogP contribution in [0.15, 0.2) is 29.3 Å². The van der Waals surface area contributed by atoms with Gasteiger partial charge in [0.1, 0.15) is 17.2 Å². The summed E-state index contributed by atoms with van der Waals surface area (Å²) >= 11 is 6.86. The van der Waals surface area contributed by atoms with Gasteiger partial charge in [-0.25, -0.2) is 9.37 Å². The molecule has 1 fully saturated rings. The van der Waals surface area contributed by atoms with E-state index in [1.54, 1.807) is 6.92 Å². The molecule has 0 bridgehead atoms. The van der Waals surface area contributed by atoms with Gasteiger partial charge in [0, 0.05) is 18.3 Å². The van der Waals surface area contributed by atoms with Crippen LogP contribution in [0.3, 0.4) is 0 Å².